The van der Waals surface area contributed by atoms with Gasteiger partial charge in [0.2, 0.25) is 0 Å². The smallest absolute Gasteiger partial charge is 0.175 e. The summed E-state index contributed by atoms with van der Waals surface area (Å²) in [7, 11) is -3.09. The summed E-state index contributed by atoms with van der Waals surface area (Å²) in [5.74, 6) is 1.59. The molecule has 1 saturated carbocycles. The topological polar surface area (TPSA) is 46.2 Å². The Labute approximate surface area is 135 Å². The lowest BCUT2D eigenvalue weighted by Crippen LogP contribution is -2.32. The van der Waals surface area contributed by atoms with E-state index >= 15 is 0 Å². The van der Waals surface area contributed by atoms with Gasteiger partial charge in [-0.05, 0) is 48.8 Å². The lowest BCUT2D eigenvalue weighted by molar-refractivity contribution is 0.350. The van der Waals surface area contributed by atoms with E-state index in [1.54, 1.807) is 12.1 Å². The zero-order chi connectivity index (χ0) is 16.2. The Bertz CT molecular complexity index is 563. The van der Waals surface area contributed by atoms with Crippen molar-refractivity contribution in [2.24, 2.45) is 11.8 Å². The fourth-order valence-electron chi connectivity index (χ4n) is 3.30. The third-order valence-corrected chi connectivity index (χ3v) is 5.82. The molecule has 0 amide bonds. The summed E-state index contributed by atoms with van der Waals surface area (Å²) in [5, 5.41) is 3.68. The van der Waals surface area contributed by atoms with E-state index in [0.29, 0.717) is 10.9 Å². The molecule has 2 rings (SSSR count). The van der Waals surface area contributed by atoms with Crippen LogP contribution in [0.1, 0.15) is 51.5 Å². The van der Waals surface area contributed by atoms with Crippen molar-refractivity contribution in [1.82, 2.24) is 5.32 Å². The van der Waals surface area contributed by atoms with Crippen LogP contribution in [-0.4, -0.2) is 20.7 Å². The van der Waals surface area contributed by atoms with Crippen LogP contribution in [0.4, 0.5) is 0 Å². The van der Waals surface area contributed by atoms with Crippen molar-refractivity contribution in [2.75, 3.05) is 6.26 Å². The molecule has 0 aromatic heterocycles. The molecule has 0 spiro atoms. The molecule has 1 aromatic rings. The Hall–Kier alpha value is -0.870. The van der Waals surface area contributed by atoms with Crippen LogP contribution in [-0.2, 0) is 16.4 Å². The minimum atomic E-state index is -3.09. The Balaban J connectivity index is 1.86. The van der Waals surface area contributed by atoms with Gasteiger partial charge in [-0.15, -0.1) is 0 Å². The number of hydrogen-bond donors (Lipinski definition) is 1. The maximum Gasteiger partial charge on any atom is 0.175 e. The summed E-state index contributed by atoms with van der Waals surface area (Å²) in [5.41, 5.74) is 1.15. The Morgan fingerprint density at radius 1 is 1.18 bits per heavy atom. The Morgan fingerprint density at radius 3 is 2.45 bits per heavy atom. The first-order valence-electron chi connectivity index (χ1n) is 8.38. The van der Waals surface area contributed by atoms with Gasteiger partial charge in [-0.3, -0.25) is 0 Å². The molecule has 4 heteroatoms. The lowest BCUT2D eigenvalue weighted by atomic mass is 9.93. The van der Waals surface area contributed by atoms with Gasteiger partial charge in [0.1, 0.15) is 0 Å². The van der Waals surface area contributed by atoms with E-state index in [9.17, 15) is 8.42 Å². The molecular formula is C18H29NO2S. The molecule has 2 atom stereocenters. The quantitative estimate of drug-likeness (QED) is 0.830. The van der Waals surface area contributed by atoms with Gasteiger partial charge in [0, 0.05) is 18.8 Å². The monoisotopic (exact) mass is 323 g/mol. The van der Waals surface area contributed by atoms with Gasteiger partial charge < -0.3 is 5.32 Å². The highest BCUT2D eigenvalue weighted by molar-refractivity contribution is 7.90. The van der Waals surface area contributed by atoms with E-state index < -0.39 is 9.84 Å². The standard InChI is InChI=1S/C18H29NO2S/c1-14(2)7-10-16-5-4-6-18(16)19-13-15-8-11-17(12-9-15)22(3,20)21/h8-9,11-12,14,16,18-19H,4-7,10,13H2,1-3H3. The molecule has 1 aliphatic rings. The second-order valence-electron chi connectivity index (χ2n) is 7.07. The number of nitrogens with one attached hydrogen (secondary N) is 1. The van der Waals surface area contributed by atoms with Gasteiger partial charge in [0.15, 0.2) is 9.84 Å². The van der Waals surface area contributed by atoms with Gasteiger partial charge in [-0.1, -0.05) is 38.8 Å². The van der Waals surface area contributed by atoms with Crippen molar-refractivity contribution in [3.63, 3.8) is 0 Å². The average Bonchev–Trinajstić information content (AvgIpc) is 2.90. The molecular weight excluding hydrogens is 294 g/mol. The van der Waals surface area contributed by atoms with Crippen LogP contribution in [0.3, 0.4) is 0 Å². The van der Waals surface area contributed by atoms with Gasteiger partial charge in [0.25, 0.3) is 0 Å². The van der Waals surface area contributed by atoms with Crippen LogP contribution < -0.4 is 5.32 Å². The van der Waals surface area contributed by atoms with E-state index in [4.69, 9.17) is 0 Å². The van der Waals surface area contributed by atoms with Crippen molar-refractivity contribution >= 4 is 9.84 Å². The molecule has 1 N–H and O–H groups in total. The van der Waals surface area contributed by atoms with E-state index in [2.05, 4.69) is 19.2 Å². The van der Waals surface area contributed by atoms with Crippen molar-refractivity contribution < 1.29 is 8.42 Å². The molecule has 0 heterocycles. The maximum atomic E-state index is 11.5. The first-order chi connectivity index (χ1) is 10.4. The van der Waals surface area contributed by atoms with E-state index in [-0.39, 0.29) is 0 Å². The fraction of sp³-hybridized carbons (Fsp3) is 0.667. The highest BCUT2D eigenvalue weighted by Gasteiger charge is 2.26. The number of hydrogen-bond acceptors (Lipinski definition) is 3. The van der Waals surface area contributed by atoms with Crippen LogP contribution >= 0.6 is 0 Å². The third kappa shape index (κ3) is 5.10. The predicted molar refractivity (Wildman–Crippen MR) is 91.6 cm³/mol. The van der Waals surface area contributed by atoms with E-state index in [1.165, 1.54) is 38.4 Å². The molecule has 0 bridgehead atoms. The summed E-state index contributed by atoms with van der Waals surface area (Å²) in [6.45, 7) is 5.41. The van der Waals surface area contributed by atoms with Crippen molar-refractivity contribution in [1.29, 1.82) is 0 Å². The molecule has 0 saturated heterocycles. The van der Waals surface area contributed by atoms with Gasteiger partial charge >= 0.3 is 0 Å². The van der Waals surface area contributed by atoms with Gasteiger partial charge in [0.05, 0.1) is 4.90 Å². The number of rotatable bonds is 7. The van der Waals surface area contributed by atoms with E-state index in [0.717, 1.165) is 23.9 Å². The first kappa shape index (κ1) is 17.5. The van der Waals surface area contributed by atoms with E-state index in [1.807, 2.05) is 12.1 Å². The van der Waals surface area contributed by atoms with Crippen molar-refractivity contribution in [2.45, 2.75) is 63.4 Å². The van der Waals surface area contributed by atoms with Crippen LogP contribution in [0.5, 0.6) is 0 Å². The summed E-state index contributed by atoms with van der Waals surface area (Å²) in [6, 6.07) is 7.87. The molecule has 1 fully saturated rings. The van der Waals surface area contributed by atoms with Gasteiger partial charge in [-0.2, -0.15) is 0 Å². The highest BCUT2D eigenvalue weighted by Crippen LogP contribution is 2.30. The van der Waals surface area contributed by atoms with Crippen LogP contribution in [0.15, 0.2) is 29.2 Å². The molecule has 3 nitrogen and oxygen atoms in total. The SMILES string of the molecule is CC(C)CCC1CCCC1NCc1ccc(S(C)(=O)=O)cc1. The minimum Gasteiger partial charge on any atom is -0.310 e. The zero-order valence-electron chi connectivity index (χ0n) is 14.0. The molecule has 0 aliphatic heterocycles. The summed E-state index contributed by atoms with van der Waals surface area (Å²) < 4.78 is 22.9. The summed E-state index contributed by atoms with van der Waals surface area (Å²) >= 11 is 0. The minimum absolute atomic E-state index is 0.395. The molecule has 22 heavy (non-hydrogen) atoms. The second-order valence-corrected chi connectivity index (χ2v) is 9.08. The number of sulfone groups is 1. The largest absolute Gasteiger partial charge is 0.310 e. The van der Waals surface area contributed by atoms with Gasteiger partial charge in [-0.25, -0.2) is 8.42 Å². The average molecular weight is 324 g/mol. The Kier molecular flexibility index (Phi) is 6.04. The highest BCUT2D eigenvalue weighted by atomic mass is 32.2. The maximum absolute atomic E-state index is 11.5. The first-order valence-corrected chi connectivity index (χ1v) is 10.3. The molecule has 2 unspecified atom stereocenters. The van der Waals surface area contributed by atoms with Crippen LogP contribution in [0, 0.1) is 11.8 Å². The summed E-state index contributed by atoms with van der Waals surface area (Å²) in [6.07, 6.45) is 7.82. The number of benzene rings is 1. The molecule has 0 radical (unpaired) electrons. The fourth-order valence-corrected chi connectivity index (χ4v) is 3.93. The predicted octanol–water partition coefficient (Wildman–Crippen LogP) is 3.78. The Morgan fingerprint density at radius 2 is 1.86 bits per heavy atom. The molecule has 1 aliphatic carbocycles. The van der Waals surface area contributed by atoms with Crippen molar-refractivity contribution in [3.05, 3.63) is 29.8 Å². The summed E-state index contributed by atoms with van der Waals surface area (Å²) in [4.78, 5) is 0.395. The zero-order valence-corrected chi connectivity index (χ0v) is 14.8. The second kappa shape index (κ2) is 7.60. The van der Waals surface area contributed by atoms with Crippen LogP contribution in [0.25, 0.3) is 0 Å². The third-order valence-electron chi connectivity index (χ3n) is 4.69. The van der Waals surface area contributed by atoms with Crippen LogP contribution in [0.2, 0.25) is 0 Å². The van der Waals surface area contributed by atoms with Crippen molar-refractivity contribution in [3.8, 4) is 0 Å². The normalized spacial score (nSPS) is 22.4. The molecule has 124 valence electrons. The molecule has 1 aromatic carbocycles. The lowest BCUT2D eigenvalue weighted by Gasteiger charge is -2.22.